The van der Waals surface area contributed by atoms with Crippen LogP contribution in [-0.4, -0.2) is 40.1 Å². The van der Waals surface area contributed by atoms with E-state index in [1.807, 2.05) is 0 Å². The molecule has 8 nitrogen and oxygen atoms in total. The SMILES string of the molecule is CCCCCCCCc1noc(CC(C(=O)O)P(=O)(OCC)OCC)n1. The predicted molar refractivity (Wildman–Crippen MR) is 97.4 cm³/mol. The molecule has 0 bridgehead atoms. The normalized spacial score (nSPS) is 13.0. The molecule has 0 aromatic carbocycles. The highest BCUT2D eigenvalue weighted by molar-refractivity contribution is 7.55. The van der Waals surface area contributed by atoms with Crippen molar-refractivity contribution < 1.29 is 28.0 Å². The number of unbranched alkanes of at least 4 members (excludes halogenated alkanes) is 5. The monoisotopic (exact) mass is 390 g/mol. The smallest absolute Gasteiger partial charge is 0.345 e. The fourth-order valence-electron chi connectivity index (χ4n) is 2.61. The predicted octanol–water partition coefficient (Wildman–Crippen LogP) is 4.23. The molecule has 1 N–H and O–H groups in total. The first-order valence-corrected chi connectivity index (χ1v) is 11.0. The molecule has 0 saturated carbocycles. The van der Waals surface area contributed by atoms with Crippen molar-refractivity contribution in [1.82, 2.24) is 10.1 Å². The molecular weight excluding hydrogens is 359 g/mol. The zero-order valence-corrected chi connectivity index (χ0v) is 16.9. The van der Waals surface area contributed by atoms with E-state index in [0.29, 0.717) is 12.2 Å². The van der Waals surface area contributed by atoms with E-state index < -0.39 is 19.2 Å². The van der Waals surface area contributed by atoms with E-state index in [0.717, 1.165) is 12.8 Å². The molecule has 0 aliphatic carbocycles. The average molecular weight is 390 g/mol. The number of aryl methyl sites for hydroxylation is 1. The first kappa shape index (κ1) is 22.8. The Labute approximate surface area is 155 Å². The fraction of sp³-hybridized carbons (Fsp3) is 0.824. The van der Waals surface area contributed by atoms with Crippen molar-refractivity contribution in [2.45, 2.75) is 77.8 Å². The molecule has 1 aromatic rings. The minimum absolute atomic E-state index is 0.0914. The Morgan fingerprint density at radius 2 is 1.73 bits per heavy atom. The third kappa shape index (κ3) is 7.56. The van der Waals surface area contributed by atoms with Gasteiger partial charge in [-0.15, -0.1) is 0 Å². The zero-order valence-electron chi connectivity index (χ0n) is 16.0. The van der Waals surface area contributed by atoms with Crippen LogP contribution < -0.4 is 0 Å². The summed E-state index contributed by atoms with van der Waals surface area (Å²) in [5.74, 6) is -0.591. The summed E-state index contributed by atoms with van der Waals surface area (Å²) in [5.41, 5.74) is -1.37. The van der Waals surface area contributed by atoms with Crippen LogP contribution in [0.1, 0.15) is 71.0 Å². The van der Waals surface area contributed by atoms with Crippen molar-refractivity contribution in [3.63, 3.8) is 0 Å². The molecule has 0 fully saturated rings. The van der Waals surface area contributed by atoms with Gasteiger partial charge in [0.15, 0.2) is 11.5 Å². The second kappa shape index (κ2) is 12.2. The summed E-state index contributed by atoms with van der Waals surface area (Å²) in [6, 6.07) is 0. The van der Waals surface area contributed by atoms with E-state index in [2.05, 4.69) is 17.1 Å². The first-order chi connectivity index (χ1) is 12.5. The van der Waals surface area contributed by atoms with Crippen molar-refractivity contribution in [3.8, 4) is 0 Å². The number of hydrogen-bond acceptors (Lipinski definition) is 7. The number of nitrogens with zero attached hydrogens (tertiary/aromatic N) is 2. The number of carboxylic acid groups (broad SMARTS) is 1. The number of carbonyl (C=O) groups is 1. The molecule has 1 aromatic heterocycles. The van der Waals surface area contributed by atoms with E-state index in [-0.39, 0.29) is 25.5 Å². The topological polar surface area (TPSA) is 112 Å². The van der Waals surface area contributed by atoms with Gasteiger partial charge < -0.3 is 18.7 Å². The van der Waals surface area contributed by atoms with Gasteiger partial charge in [-0.2, -0.15) is 4.98 Å². The Morgan fingerprint density at radius 1 is 1.12 bits per heavy atom. The quantitative estimate of drug-likeness (QED) is 0.350. The molecular formula is C17H31N2O6P. The maximum absolute atomic E-state index is 12.7. The molecule has 1 rings (SSSR count). The van der Waals surface area contributed by atoms with E-state index in [1.54, 1.807) is 13.8 Å². The van der Waals surface area contributed by atoms with Crippen molar-refractivity contribution in [1.29, 1.82) is 0 Å². The van der Waals surface area contributed by atoms with Crippen LogP contribution >= 0.6 is 7.60 Å². The van der Waals surface area contributed by atoms with E-state index in [9.17, 15) is 14.5 Å². The highest BCUT2D eigenvalue weighted by Gasteiger charge is 2.42. The summed E-state index contributed by atoms with van der Waals surface area (Å²) in [6.45, 7) is 5.63. The second-order valence-corrected chi connectivity index (χ2v) is 8.28. The van der Waals surface area contributed by atoms with Gasteiger partial charge in [-0.3, -0.25) is 9.36 Å². The molecule has 1 atom stereocenters. The number of carboxylic acids is 1. The molecule has 0 aliphatic rings. The lowest BCUT2D eigenvalue weighted by molar-refractivity contribution is -0.137. The van der Waals surface area contributed by atoms with Crippen LogP contribution in [0.15, 0.2) is 4.52 Å². The Kier molecular flexibility index (Phi) is 10.7. The maximum Gasteiger partial charge on any atom is 0.345 e. The largest absolute Gasteiger partial charge is 0.481 e. The number of hydrogen-bond donors (Lipinski definition) is 1. The minimum atomic E-state index is -3.81. The molecule has 150 valence electrons. The molecule has 1 unspecified atom stereocenters. The minimum Gasteiger partial charge on any atom is -0.481 e. The van der Waals surface area contributed by atoms with Gasteiger partial charge in [0.1, 0.15) is 0 Å². The van der Waals surface area contributed by atoms with Crippen molar-refractivity contribution in [3.05, 3.63) is 11.7 Å². The lowest BCUT2D eigenvalue weighted by Crippen LogP contribution is -2.26. The lowest BCUT2D eigenvalue weighted by Gasteiger charge is -2.22. The average Bonchev–Trinajstić information content (AvgIpc) is 3.03. The van der Waals surface area contributed by atoms with Crippen LogP contribution in [-0.2, 0) is 31.2 Å². The molecule has 0 amide bonds. The Bertz CT molecular complexity index is 567. The standard InChI is InChI=1S/C17H31N2O6P/c1-4-7-8-9-10-11-12-15-18-16(25-19-15)13-14(17(20)21)26(22,23-5-2)24-6-3/h14H,4-13H2,1-3H3,(H,20,21). The van der Waals surface area contributed by atoms with Crippen LogP contribution in [0.5, 0.6) is 0 Å². The van der Waals surface area contributed by atoms with Gasteiger partial charge in [0.2, 0.25) is 5.89 Å². The first-order valence-electron chi connectivity index (χ1n) is 9.39. The van der Waals surface area contributed by atoms with Crippen LogP contribution in [0.25, 0.3) is 0 Å². The fourth-order valence-corrected chi connectivity index (χ4v) is 4.42. The van der Waals surface area contributed by atoms with Crippen LogP contribution in [0.2, 0.25) is 0 Å². The third-order valence-electron chi connectivity index (χ3n) is 3.92. The molecule has 0 radical (unpaired) electrons. The molecule has 0 aliphatic heterocycles. The summed E-state index contributed by atoms with van der Waals surface area (Å²) in [5, 5.41) is 13.3. The van der Waals surface area contributed by atoms with Crippen LogP contribution in [0.4, 0.5) is 0 Å². The highest BCUT2D eigenvalue weighted by atomic mass is 31.2. The van der Waals surface area contributed by atoms with Crippen molar-refractivity contribution in [2.24, 2.45) is 0 Å². The van der Waals surface area contributed by atoms with Crippen molar-refractivity contribution in [2.75, 3.05) is 13.2 Å². The van der Waals surface area contributed by atoms with E-state index in [4.69, 9.17) is 13.6 Å². The lowest BCUT2D eigenvalue weighted by atomic mass is 10.1. The summed E-state index contributed by atoms with van der Waals surface area (Å²) in [6.07, 6.45) is 7.45. The van der Waals surface area contributed by atoms with Gasteiger partial charge in [-0.25, -0.2) is 0 Å². The highest BCUT2D eigenvalue weighted by Crippen LogP contribution is 2.54. The third-order valence-corrected chi connectivity index (χ3v) is 6.32. The number of aromatic nitrogens is 2. The summed E-state index contributed by atoms with van der Waals surface area (Å²) < 4.78 is 28.2. The van der Waals surface area contributed by atoms with Gasteiger partial charge in [-0.1, -0.05) is 44.2 Å². The van der Waals surface area contributed by atoms with Crippen molar-refractivity contribution >= 4 is 13.6 Å². The molecule has 26 heavy (non-hydrogen) atoms. The van der Waals surface area contributed by atoms with Gasteiger partial charge >= 0.3 is 13.6 Å². The number of rotatable bonds is 15. The second-order valence-electron chi connectivity index (χ2n) is 6.06. The maximum atomic E-state index is 12.7. The van der Waals surface area contributed by atoms with Gasteiger partial charge in [-0.05, 0) is 20.3 Å². The van der Waals surface area contributed by atoms with Gasteiger partial charge in [0, 0.05) is 6.42 Å². The van der Waals surface area contributed by atoms with Gasteiger partial charge in [0.25, 0.3) is 0 Å². The Hall–Kier alpha value is -1.24. The van der Waals surface area contributed by atoms with Crippen LogP contribution in [0, 0.1) is 0 Å². The molecule has 0 saturated heterocycles. The molecule has 1 heterocycles. The molecule has 9 heteroatoms. The summed E-state index contributed by atoms with van der Waals surface area (Å²) in [7, 11) is -3.81. The van der Waals surface area contributed by atoms with Crippen LogP contribution in [0.3, 0.4) is 0 Å². The van der Waals surface area contributed by atoms with Gasteiger partial charge in [0.05, 0.1) is 19.6 Å². The van der Waals surface area contributed by atoms with E-state index in [1.165, 1.54) is 25.7 Å². The Balaban J connectivity index is 2.63. The number of aliphatic carboxylic acids is 1. The summed E-state index contributed by atoms with van der Waals surface area (Å²) in [4.78, 5) is 15.8. The van der Waals surface area contributed by atoms with E-state index >= 15 is 0 Å². The zero-order chi connectivity index (χ0) is 19.4. The Morgan fingerprint density at radius 3 is 2.31 bits per heavy atom. The summed E-state index contributed by atoms with van der Waals surface area (Å²) >= 11 is 0. The molecule has 0 spiro atoms.